The molecule has 0 bridgehead atoms. The third kappa shape index (κ3) is 4.18. The van der Waals surface area contributed by atoms with E-state index in [0.29, 0.717) is 6.61 Å². The molecular weight excluding hydrogens is 243 g/mol. The molecule has 0 amide bonds. The van der Waals surface area contributed by atoms with E-state index in [0.717, 1.165) is 6.42 Å². The van der Waals surface area contributed by atoms with Crippen LogP contribution in [0.4, 0.5) is 0 Å². The highest BCUT2D eigenvalue weighted by Gasteiger charge is 2.50. The number of rotatable bonds is 7. The Morgan fingerprint density at radius 2 is 1.71 bits per heavy atom. The summed E-state index contributed by atoms with van der Waals surface area (Å²) in [6.45, 7) is 8.49. The highest BCUT2D eigenvalue weighted by Crippen LogP contribution is 2.52. The number of ketones is 1. The lowest BCUT2D eigenvalue weighted by Crippen LogP contribution is -2.44. The Kier molecular flexibility index (Phi) is 5.54. The quantitative estimate of drug-likeness (QED) is 0.543. The summed E-state index contributed by atoms with van der Waals surface area (Å²) >= 11 is 0. The zero-order chi connectivity index (χ0) is 13.9. The maximum Gasteiger partial charge on any atom is 0.338 e. The van der Waals surface area contributed by atoms with Gasteiger partial charge < -0.3 is 14.5 Å². The molecule has 0 fully saturated rings. The molecule has 0 atom stereocenters. The summed E-state index contributed by atoms with van der Waals surface area (Å²) in [6, 6.07) is 0. The zero-order valence-electron chi connectivity index (χ0n) is 11.2. The lowest BCUT2D eigenvalue weighted by atomic mass is 9.83. The molecule has 0 rings (SSSR count). The van der Waals surface area contributed by atoms with Crippen molar-refractivity contribution in [3.05, 3.63) is 0 Å². The van der Waals surface area contributed by atoms with Gasteiger partial charge in [0.25, 0.3) is 0 Å². The Morgan fingerprint density at radius 1 is 1.24 bits per heavy atom. The number of ether oxygens (including phenoxy) is 1. The van der Waals surface area contributed by atoms with Crippen LogP contribution in [-0.2, 0) is 14.1 Å². The van der Waals surface area contributed by atoms with Crippen molar-refractivity contribution in [3.63, 3.8) is 0 Å². The van der Waals surface area contributed by atoms with E-state index < -0.39 is 24.0 Å². The lowest BCUT2D eigenvalue weighted by molar-refractivity contribution is -0.132. The molecule has 0 unspecified atom stereocenters. The first-order valence-corrected chi connectivity index (χ1v) is 7.26. The molecule has 0 aliphatic carbocycles. The molecular formula is C11H23O5P. The Morgan fingerprint density at radius 3 is 2.06 bits per heavy atom. The van der Waals surface area contributed by atoms with E-state index >= 15 is 0 Å². The number of carbonyl (C=O) groups excluding carboxylic acids is 1. The fraction of sp³-hybridized carbons (Fsp3) is 0.909. The molecule has 6 heteroatoms. The highest BCUT2D eigenvalue weighted by atomic mass is 31.2. The van der Waals surface area contributed by atoms with Crippen molar-refractivity contribution >= 4 is 13.4 Å². The summed E-state index contributed by atoms with van der Waals surface area (Å²) in [6.07, 6.45) is 0.839. The van der Waals surface area contributed by atoms with Gasteiger partial charge in [-0.05, 0) is 20.3 Å². The summed E-state index contributed by atoms with van der Waals surface area (Å²) < 4.78 is 16.6. The average Bonchev–Trinajstić information content (AvgIpc) is 2.15. The summed E-state index contributed by atoms with van der Waals surface area (Å²) in [5, 5.41) is -1.67. The number of hydrogen-bond donors (Lipinski definition) is 2. The molecule has 0 aliphatic heterocycles. The van der Waals surface area contributed by atoms with Gasteiger partial charge in [-0.25, -0.2) is 0 Å². The molecule has 2 N–H and O–H groups in total. The molecule has 0 saturated heterocycles. The van der Waals surface area contributed by atoms with Gasteiger partial charge in [-0.1, -0.05) is 20.8 Å². The number of Topliss-reactive ketones (excluding diaryl/α,β-unsaturated/α-hetero) is 1. The number of hydrogen-bond acceptors (Lipinski definition) is 3. The molecule has 0 aliphatic rings. The van der Waals surface area contributed by atoms with Gasteiger partial charge in [0, 0.05) is 12.0 Å². The number of carbonyl (C=O) groups is 1. The minimum absolute atomic E-state index is 0.170. The van der Waals surface area contributed by atoms with Crippen LogP contribution < -0.4 is 0 Å². The normalized spacial score (nSPS) is 13.8. The van der Waals surface area contributed by atoms with Gasteiger partial charge in [0.1, 0.15) is 5.16 Å². The van der Waals surface area contributed by atoms with Gasteiger partial charge in [-0.15, -0.1) is 0 Å². The molecule has 0 saturated carbocycles. The minimum Gasteiger partial charge on any atom is -0.380 e. The summed E-state index contributed by atoms with van der Waals surface area (Å²) in [5.74, 6) is -0.477. The topological polar surface area (TPSA) is 83.8 Å². The first kappa shape index (κ1) is 16.8. The Hall–Kier alpha value is -0.220. The summed E-state index contributed by atoms with van der Waals surface area (Å²) in [7, 11) is -4.47. The van der Waals surface area contributed by atoms with E-state index in [1.165, 1.54) is 13.8 Å². The molecule has 0 spiro atoms. The van der Waals surface area contributed by atoms with E-state index in [1.54, 1.807) is 13.8 Å². The van der Waals surface area contributed by atoms with Crippen molar-refractivity contribution in [3.8, 4) is 0 Å². The van der Waals surface area contributed by atoms with Gasteiger partial charge in [-0.2, -0.15) is 0 Å². The molecule has 17 heavy (non-hydrogen) atoms. The maximum absolute atomic E-state index is 12.2. The minimum atomic E-state index is -4.47. The van der Waals surface area contributed by atoms with Crippen LogP contribution >= 0.6 is 7.60 Å². The first-order valence-electron chi connectivity index (χ1n) is 5.65. The second-order valence-corrected chi connectivity index (χ2v) is 7.57. The largest absolute Gasteiger partial charge is 0.380 e. The predicted molar refractivity (Wildman–Crippen MR) is 66.0 cm³/mol. The van der Waals surface area contributed by atoms with Crippen LogP contribution in [0.25, 0.3) is 0 Å². The summed E-state index contributed by atoms with van der Waals surface area (Å²) in [4.78, 5) is 30.6. The van der Waals surface area contributed by atoms with Crippen LogP contribution in [0.1, 0.15) is 41.0 Å². The second-order valence-electron chi connectivity index (χ2n) is 5.37. The zero-order valence-corrected chi connectivity index (χ0v) is 12.1. The molecule has 5 nitrogen and oxygen atoms in total. The Labute approximate surface area is 103 Å². The van der Waals surface area contributed by atoms with E-state index in [-0.39, 0.29) is 6.61 Å². The van der Waals surface area contributed by atoms with Crippen LogP contribution in [-0.4, -0.2) is 33.9 Å². The van der Waals surface area contributed by atoms with Crippen molar-refractivity contribution in [1.82, 2.24) is 0 Å². The van der Waals surface area contributed by atoms with Gasteiger partial charge in [-0.3, -0.25) is 9.36 Å². The summed E-state index contributed by atoms with van der Waals surface area (Å²) in [5.41, 5.74) is -0.903. The second kappa shape index (κ2) is 5.61. The van der Waals surface area contributed by atoms with Crippen LogP contribution in [0.2, 0.25) is 0 Å². The monoisotopic (exact) mass is 266 g/mol. The third-order valence-corrected chi connectivity index (χ3v) is 4.37. The smallest absolute Gasteiger partial charge is 0.338 e. The van der Waals surface area contributed by atoms with E-state index in [1.807, 2.05) is 6.92 Å². The van der Waals surface area contributed by atoms with Gasteiger partial charge in [0.15, 0.2) is 5.78 Å². The Balaban J connectivity index is 4.85. The lowest BCUT2D eigenvalue weighted by Gasteiger charge is -2.33. The van der Waals surface area contributed by atoms with E-state index in [4.69, 9.17) is 4.74 Å². The van der Waals surface area contributed by atoms with Crippen molar-refractivity contribution in [1.29, 1.82) is 0 Å². The van der Waals surface area contributed by atoms with Crippen LogP contribution in [0.5, 0.6) is 0 Å². The van der Waals surface area contributed by atoms with Crippen molar-refractivity contribution in [2.75, 3.05) is 13.2 Å². The van der Waals surface area contributed by atoms with Gasteiger partial charge in [0.05, 0.1) is 6.61 Å². The van der Waals surface area contributed by atoms with Crippen molar-refractivity contribution < 1.29 is 23.9 Å². The molecule has 0 aromatic heterocycles. The molecule has 102 valence electrons. The fourth-order valence-electron chi connectivity index (χ4n) is 1.50. The predicted octanol–water partition coefficient (Wildman–Crippen LogP) is 1.96. The first-order chi connectivity index (χ1) is 7.47. The molecule has 0 aromatic carbocycles. The van der Waals surface area contributed by atoms with Crippen molar-refractivity contribution in [2.24, 2.45) is 5.41 Å². The third-order valence-electron chi connectivity index (χ3n) is 2.71. The van der Waals surface area contributed by atoms with Crippen LogP contribution in [0.15, 0.2) is 0 Å². The van der Waals surface area contributed by atoms with Crippen molar-refractivity contribution in [2.45, 2.75) is 46.2 Å². The maximum atomic E-state index is 12.2. The standard InChI is InChI=1S/C11H23O5P/c1-6-7-16-8-10(2,3)9(12)11(4,5)17(13,14)15/h6-8H2,1-5H3,(H2,13,14,15). The molecule has 0 heterocycles. The molecule has 0 radical (unpaired) electrons. The van der Waals surface area contributed by atoms with E-state index in [2.05, 4.69) is 0 Å². The highest BCUT2D eigenvalue weighted by molar-refractivity contribution is 7.54. The molecule has 0 aromatic rings. The SMILES string of the molecule is CCCOCC(C)(C)C(=O)C(C)(C)P(=O)(O)O. The van der Waals surface area contributed by atoms with Gasteiger partial charge in [0.2, 0.25) is 0 Å². The van der Waals surface area contributed by atoms with Gasteiger partial charge >= 0.3 is 7.60 Å². The Bertz CT molecular complexity index is 316. The average molecular weight is 266 g/mol. The van der Waals surface area contributed by atoms with Crippen LogP contribution in [0, 0.1) is 5.41 Å². The van der Waals surface area contributed by atoms with E-state index in [9.17, 15) is 19.1 Å². The van der Waals surface area contributed by atoms with Crippen LogP contribution in [0.3, 0.4) is 0 Å². The fourth-order valence-corrected chi connectivity index (χ4v) is 2.06.